The first-order chi connectivity index (χ1) is 11.9. The second-order valence-electron chi connectivity index (χ2n) is 6.97. The minimum Gasteiger partial charge on any atom is -0.489 e. The van der Waals surface area contributed by atoms with Crippen molar-refractivity contribution < 1.29 is 4.74 Å². The Labute approximate surface area is 168 Å². The molecule has 0 aromatic heterocycles. The number of hydrogen-bond acceptors (Lipinski definition) is 5. The normalized spacial score (nSPS) is 19.8. The molecule has 1 aliphatic carbocycles. The fourth-order valence-electron chi connectivity index (χ4n) is 3.91. The van der Waals surface area contributed by atoms with Crippen molar-refractivity contribution in [3.05, 3.63) is 28.8 Å². The van der Waals surface area contributed by atoms with Gasteiger partial charge in [0, 0.05) is 19.6 Å². The van der Waals surface area contributed by atoms with E-state index in [0.717, 1.165) is 57.9 Å². The van der Waals surface area contributed by atoms with Gasteiger partial charge in [-0.3, -0.25) is 4.99 Å². The van der Waals surface area contributed by atoms with Crippen molar-refractivity contribution in [2.24, 2.45) is 4.99 Å². The third kappa shape index (κ3) is 4.96. The van der Waals surface area contributed by atoms with Gasteiger partial charge in [0.2, 0.25) is 0 Å². The molecule has 1 aromatic rings. The van der Waals surface area contributed by atoms with Crippen LogP contribution in [0.15, 0.2) is 17.1 Å². The molecular weight excluding hydrogens is 371 g/mol. The lowest BCUT2D eigenvalue weighted by Gasteiger charge is -2.28. The number of guanidine groups is 1. The van der Waals surface area contributed by atoms with Crippen LogP contribution in [0.5, 0.6) is 5.75 Å². The number of fused-ring (bicyclic) bond motifs is 3. The fourth-order valence-corrected chi connectivity index (χ4v) is 3.91. The summed E-state index contributed by atoms with van der Waals surface area (Å²) < 4.78 is 6.36. The summed E-state index contributed by atoms with van der Waals surface area (Å²) in [4.78, 5) is 4.33. The summed E-state index contributed by atoms with van der Waals surface area (Å²) in [6.45, 7) is 4.78. The highest BCUT2D eigenvalue weighted by Gasteiger charge is 2.25. The number of hydrogen-bond donors (Lipinski definition) is 3. The van der Waals surface area contributed by atoms with Crippen LogP contribution in [0.3, 0.4) is 0 Å². The number of rotatable bonds is 6. The minimum atomic E-state index is 0. The first-order valence-corrected chi connectivity index (χ1v) is 9.43. The molecule has 0 saturated heterocycles. The Morgan fingerprint density at radius 3 is 2.85 bits per heavy atom. The van der Waals surface area contributed by atoms with E-state index in [9.17, 15) is 0 Å². The molecule has 26 heavy (non-hydrogen) atoms. The average molecular weight is 401 g/mol. The molecule has 0 fully saturated rings. The summed E-state index contributed by atoms with van der Waals surface area (Å²) in [5.74, 6) is 2.17. The lowest BCUT2D eigenvalue weighted by molar-refractivity contribution is 0.169. The summed E-state index contributed by atoms with van der Waals surface area (Å²) in [6, 6.07) is 4.61. The highest BCUT2D eigenvalue weighted by Crippen LogP contribution is 2.37. The highest BCUT2D eigenvalue weighted by molar-refractivity contribution is 5.85. The molecule has 5 nitrogen and oxygen atoms in total. The van der Waals surface area contributed by atoms with Crippen LogP contribution in [-0.2, 0) is 19.3 Å². The molecule has 146 valence electrons. The molecule has 0 amide bonds. The number of nitrogens with one attached hydrogen (secondary N) is 3. The lowest BCUT2D eigenvalue weighted by Crippen LogP contribution is -2.37. The maximum atomic E-state index is 6.36. The van der Waals surface area contributed by atoms with Gasteiger partial charge in [-0.1, -0.05) is 12.1 Å². The maximum Gasteiger partial charge on any atom is 0.191 e. The van der Waals surface area contributed by atoms with E-state index in [1.807, 2.05) is 0 Å². The Kier molecular flexibility index (Phi) is 8.32. The van der Waals surface area contributed by atoms with Crippen LogP contribution in [-0.4, -0.2) is 44.8 Å². The van der Waals surface area contributed by atoms with Crippen molar-refractivity contribution in [3.8, 4) is 5.75 Å². The van der Waals surface area contributed by atoms with E-state index >= 15 is 0 Å². The number of aliphatic imine (C=N–C) groups is 1. The smallest absolute Gasteiger partial charge is 0.191 e. The Hall–Kier alpha value is -1.17. The second kappa shape index (κ2) is 10.2. The topological polar surface area (TPSA) is 57.7 Å². The predicted octanol–water partition coefficient (Wildman–Crippen LogP) is 2.24. The number of nitrogens with zero attached hydrogens (tertiary/aromatic N) is 1. The summed E-state index contributed by atoms with van der Waals surface area (Å²) in [5.41, 5.74) is 4.42. The molecule has 4 rings (SSSR count). The van der Waals surface area contributed by atoms with Gasteiger partial charge >= 0.3 is 0 Å². The molecule has 1 atom stereocenters. The molecule has 3 N–H and O–H groups in total. The van der Waals surface area contributed by atoms with Gasteiger partial charge in [0.25, 0.3) is 0 Å². The van der Waals surface area contributed by atoms with Crippen molar-refractivity contribution in [2.75, 3.05) is 32.7 Å². The summed E-state index contributed by atoms with van der Waals surface area (Å²) in [5, 5.41) is 10.1. The molecule has 7 heteroatoms. The number of halogens is 2. The van der Waals surface area contributed by atoms with Gasteiger partial charge in [0.15, 0.2) is 5.96 Å². The number of benzene rings is 1. The SMILES string of the molecule is Cl.Cl.c1cc2c(c3c1CCC3)OC(CNCCCNC1=NCCN1)CC2. The molecule has 1 unspecified atom stereocenters. The van der Waals surface area contributed by atoms with Crippen LogP contribution in [0.1, 0.15) is 36.0 Å². The Morgan fingerprint density at radius 1 is 1.12 bits per heavy atom. The molecule has 1 aromatic carbocycles. The van der Waals surface area contributed by atoms with E-state index in [4.69, 9.17) is 4.74 Å². The molecule has 0 bridgehead atoms. The molecule has 0 spiro atoms. The van der Waals surface area contributed by atoms with Gasteiger partial charge in [-0.2, -0.15) is 0 Å². The van der Waals surface area contributed by atoms with Crippen LogP contribution in [0.4, 0.5) is 0 Å². The molecule has 0 radical (unpaired) electrons. The third-order valence-electron chi connectivity index (χ3n) is 5.20. The summed E-state index contributed by atoms with van der Waals surface area (Å²) >= 11 is 0. The van der Waals surface area contributed by atoms with Gasteiger partial charge in [-0.05, 0) is 61.8 Å². The Bertz CT molecular complexity index is 624. The molecule has 2 heterocycles. The van der Waals surface area contributed by atoms with Crippen molar-refractivity contribution in [2.45, 2.75) is 44.6 Å². The first kappa shape index (κ1) is 21.1. The van der Waals surface area contributed by atoms with E-state index in [0.29, 0.717) is 6.10 Å². The van der Waals surface area contributed by atoms with Gasteiger partial charge in [-0.25, -0.2) is 0 Å². The Morgan fingerprint density at radius 2 is 2.00 bits per heavy atom. The third-order valence-corrected chi connectivity index (χ3v) is 5.20. The number of aryl methyl sites for hydroxylation is 2. The van der Waals surface area contributed by atoms with Gasteiger partial charge in [-0.15, -0.1) is 24.8 Å². The largest absolute Gasteiger partial charge is 0.489 e. The summed E-state index contributed by atoms with van der Waals surface area (Å²) in [6.07, 6.45) is 7.40. The lowest BCUT2D eigenvalue weighted by atomic mass is 9.97. The van der Waals surface area contributed by atoms with Crippen LogP contribution < -0.4 is 20.7 Å². The van der Waals surface area contributed by atoms with Crippen molar-refractivity contribution in [1.82, 2.24) is 16.0 Å². The molecule has 2 aliphatic heterocycles. The zero-order chi connectivity index (χ0) is 16.2. The van der Waals surface area contributed by atoms with Crippen LogP contribution in [0.25, 0.3) is 0 Å². The zero-order valence-corrected chi connectivity index (χ0v) is 16.8. The van der Waals surface area contributed by atoms with Crippen LogP contribution in [0.2, 0.25) is 0 Å². The van der Waals surface area contributed by atoms with Crippen molar-refractivity contribution in [1.29, 1.82) is 0 Å². The second-order valence-corrected chi connectivity index (χ2v) is 6.97. The number of ether oxygens (including phenoxy) is 1. The van der Waals surface area contributed by atoms with Crippen LogP contribution in [0, 0.1) is 0 Å². The minimum absolute atomic E-state index is 0. The predicted molar refractivity (Wildman–Crippen MR) is 111 cm³/mol. The van der Waals surface area contributed by atoms with Gasteiger partial charge in [0.1, 0.15) is 11.9 Å². The van der Waals surface area contributed by atoms with Gasteiger partial charge < -0.3 is 20.7 Å². The van der Waals surface area contributed by atoms with E-state index in [2.05, 4.69) is 33.1 Å². The quantitative estimate of drug-likeness (QED) is 0.640. The highest BCUT2D eigenvalue weighted by atomic mass is 35.5. The van der Waals surface area contributed by atoms with E-state index in [1.54, 1.807) is 0 Å². The first-order valence-electron chi connectivity index (χ1n) is 9.43. The van der Waals surface area contributed by atoms with E-state index in [1.165, 1.54) is 41.7 Å². The molecule has 0 saturated carbocycles. The monoisotopic (exact) mass is 400 g/mol. The maximum absolute atomic E-state index is 6.36. The Balaban J connectivity index is 0.00000121. The van der Waals surface area contributed by atoms with E-state index < -0.39 is 0 Å². The summed E-state index contributed by atoms with van der Waals surface area (Å²) in [7, 11) is 0. The zero-order valence-electron chi connectivity index (χ0n) is 15.2. The van der Waals surface area contributed by atoms with Crippen molar-refractivity contribution in [3.63, 3.8) is 0 Å². The van der Waals surface area contributed by atoms with Gasteiger partial charge in [0.05, 0.1) is 6.54 Å². The van der Waals surface area contributed by atoms with Crippen molar-refractivity contribution >= 4 is 30.8 Å². The fraction of sp³-hybridized carbons (Fsp3) is 0.632. The van der Waals surface area contributed by atoms with E-state index in [-0.39, 0.29) is 24.8 Å². The molecular formula is C19H30Cl2N4O. The standard InChI is InChI=1S/C19H28N4O.2ClH/c1-3-14-5-6-15-7-8-16(24-18(15)17(14)4-1)13-20-9-2-10-21-19-22-11-12-23-19;;/h5-6,16,20H,1-4,7-13H2,(H2,21,22,23);2*1H. The average Bonchev–Trinajstić information content (AvgIpc) is 3.29. The van der Waals surface area contributed by atoms with Crippen LogP contribution >= 0.6 is 24.8 Å². The molecule has 3 aliphatic rings.